The highest BCUT2D eigenvalue weighted by atomic mass is 16.5. The molecule has 0 radical (unpaired) electrons. The molecule has 0 atom stereocenters. The smallest absolute Gasteiger partial charge is 0.0809 e. The summed E-state index contributed by atoms with van der Waals surface area (Å²) < 4.78 is 5.96. The molecule has 98 valence electrons. The van der Waals surface area contributed by atoms with Crippen molar-refractivity contribution < 1.29 is 9.84 Å². The Morgan fingerprint density at radius 2 is 1.62 bits per heavy atom. The second kappa shape index (κ2) is 8.04. The first-order valence-corrected chi connectivity index (χ1v) is 6.40. The molecule has 0 amide bonds. The van der Waals surface area contributed by atoms with Crippen LogP contribution in [-0.4, -0.2) is 30.5 Å². The highest BCUT2D eigenvalue weighted by molar-refractivity contribution is 4.84. The lowest BCUT2D eigenvalue weighted by molar-refractivity contribution is -0.0690. The summed E-state index contributed by atoms with van der Waals surface area (Å²) >= 11 is 0. The highest BCUT2D eigenvalue weighted by Gasteiger charge is 2.31. The number of aliphatic hydroxyl groups is 1. The SMILES string of the molecule is CC(C)CC(CN)(CC(C)C)OCCCO. The van der Waals surface area contributed by atoms with Crippen molar-refractivity contribution in [3.05, 3.63) is 0 Å². The molecule has 0 spiro atoms. The summed E-state index contributed by atoms with van der Waals surface area (Å²) in [4.78, 5) is 0. The summed E-state index contributed by atoms with van der Waals surface area (Å²) in [6, 6.07) is 0. The Morgan fingerprint density at radius 1 is 1.12 bits per heavy atom. The van der Waals surface area contributed by atoms with Gasteiger partial charge < -0.3 is 15.6 Å². The molecule has 0 aromatic heterocycles. The van der Waals surface area contributed by atoms with E-state index in [1.165, 1.54) is 0 Å². The number of rotatable bonds is 9. The molecule has 3 nitrogen and oxygen atoms in total. The summed E-state index contributed by atoms with van der Waals surface area (Å²) in [5, 5.41) is 8.79. The third-order valence-electron chi connectivity index (χ3n) is 2.64. The molecule has 0 fully saturated rings. The Kier molecular flexibility index (Phi) is 7.98. The minimum Gasteiger partial charge on any atom is -0.396 e. The topological polar surface area (TPSA) is 55.5 Å². The van der Waals surface area contributed by atoms with E-state index in [9.17, 15) is 0 Å². The van der Waals surface area contributed by atoms with Gasteiger partial charge >= 0.3 is 0 Å². The van der Waals surface area contributed by atoms with Gasteiger partial charge in [0.15, 0.2) is 0 Å². The highest BCUT2D eigenvalue weighted by Crippen LogP contribution is 2.28. The summed E-state index contributed by atoms with van der Waals surface area (Å²) in [5.41, 5.74) is 5.70. The van der Waals surface area contributed by atoms with E-state index in [0.29, 0.717) is 31.4 Å². The average Bonchev–Trinajstić information content (AvgIpc) is 2.16. The predicted octanol–water partition coefficient (Wildman–Crippen LogP) is 2.18. The van der Waals surface area contributed by atoms with Gasteiger partial charge in [0, 0.05) is 19.8 Å². The minimum absolute atomic E-state index is 0.185. The summed E-state index contributed by atoms with van der Waals surface area (Å²) in [6.07, 6.45) is 2.68. The lowest BCUT2D eigenvalue weighted by Crippen LogP contribution is -2.43. The molecular formula is C13H29NO2. The van der Waals surface area contributed by atoms with Gasteiger partial charge in [-0.2, -0.15) is 0 Å². The summed E-state index contributed by atoms with van der Waals surface area (Å²) in [7, 11) is 0. The fourth-order valence-corrected chi connectivity index (χ4v) is 2.27. The first-order valence-electron chi connectivity index (χ1n) is 6.40. The Hall–Kier alpha value is -0.120. The van der Waals surface area contributed by atoms with Crippen molar-refractivity contribution in [1.29, 1.82) is 0 Å². The molecule has 0 aliphatic carbocycles. The lowest BCUT2D eigenvalue weighted by atomic mass is 9.85. The molecule has 0 aliphatic heterocycles. The van der Waals surface area contributed by atoms with Crippen molar-refractivity contribution in [3.8, 4) is 0 Å². The van der Waals surface area contributed by atoms with Crippen LogP contribution in [-0.2, 0) is 4.74 Å². The van der Waals surface area contributed by atoms with Crippen molar-refractivity contribution in [2.45, 2.75) is 52.6 Å². The first-order chi connectivity index (χ1) is 7.45. The van der Waals surface area contributed by atoms with Crippen LogP contribution >= 0.6 is 0 Å². The molecule has 0 bridgehead atoms. The van der Waals surface area contributed by atoms with Crippen molar-refractivity contribution in [3.63, 3.8) is 0 Å². The van der Waals surface area contributed by atoms with Crippen LogP contribution in [0.15, 0.2) is 0 Å². The Morgan fingerprint density at radius 3 is 1.94 bits per heavy atom. The van der Waals surface area contributed by atoms with Crippen molar-refractivity contribution in [2.24, 2.45) is 17.6 Å². The van der Waals surface area contributed by atoms with Crippen LogP contribution in [0.1, 0.15) is 47.0 Å². The summed E-state index contributed by atoms with van der Waals surface area (Å²) in [5.74, 6) is 1.16. The largest absolute Gasteiger partial charge is 0.396 e. The number of nitrogens with two attached hydrogens (primary N) is 1. The van der Waals surface area contributed by atoms with E-state index in [1.54, 1.807) is 0 Å². The zero-order valence-electron chi connectivity index (χ0n) is 11.3. The second-order valence-corrected chi connectivity index (χ2v) is 5.51. The molecule has 0 unspecified atom stereocenters. The maximum atomic E-state index is 8.79. The van der Waals surface area contributed by atoms with Gasteiger partial charge in [0.2, 0.25) is 0 Å². The van der Waals surface area contributed by atoms with E-state index in [1.807, 2.05) is 0 Å². The van der Waals surface area contributed by atoms with E-state index < -0.39 is 0 Å². The van der Waals surface area contributed by atoms with Gasteiger partial charge in [-0.25, -0.2) is 0 Å². The van der Waals surface area contributed by atoms with Crippen molar-refractivity contribution >= 4 is 0 Å². The van der Waals surface area contributed by atoms with Gasteiger partial charge in [-0.1, -0.05) is 27.7 Å². The van der Waals surface area contributed by atoms with Gasteiger partial charge in [0.25, 0.3) is 0 Å². The molecule has 0 aliphatic rings. The molecule has 0 saturated heterocycles. The third-order valence-corrected chi connectivity index (χ3v) is 2.64. The predicted molar refractivity (Wildman–Crippen MR) is 68.4 cm³/mol. The maximum absolute atomic E-state index is 8.79. The molecule has 16 heavy (non-hydrogen) atoms. The normalized spacial score (nSPS) is 12.8. The summed E-state index contributed by atoms with van der Waals surface area (Å²) in [6.45, 7) is 10.1. The van der Waals surface area contributed by atoms with Gasteiger partial charge in [0.05, 0.1) is 5.60 Å². The molecular weight excluding hydrogens is 202 g/mol. The molecule has 0 rings (SSSR count). The van der Waals surface area contributed by atoms with Gasteiger partial charge in [-0.05, 0) is 31.1 Å². The molecule has 0 saturated carbocycles. The van der Waals surface area contributed by atoms with Crippen LogP contribution in [0.3, 0.4) is 0 Å². The van der Waals surface area contributed by atoms with Crippen LogP contribution < -0.4 is 5.73 Å². The zero-order valence-corrected chi connectivity index (χ0v) is 11.3. The Balaban J connectivity index is 4.40. The van der Waals surface area contributed by atoms with Crippen LogP contribution in [0, 0.1) is 11.8 Å². The number of ether oxygens (including phenoxy) is 1. The second-order valence-electron chi connectivity index (χ2n) is 5.51. The minimum atomic E-state index is -0.197. The van der Waals surface area contributed by atoms with Gasteiger partial charge in [0.1, 0.15) is 0 Å². The number of hydrogen-bond donors (Lipinski definition) is 2. The van der Waals surface area contributed by atoms with E-state index >= 15 is 0 Å². The van der Waals surface area contributed by atoms with E-state index in [2.05, 4.69) is 27.7 Å². The van der Waals surface area contributed by atoms with Gasteiger partial charge in [-0.3, -0.25) is 0 Å². The van der Waals surface area contributed by atoms with Crippen LogP contribution in [0.5, 0.6) is 0 Å². The average molecular weight is 231 g/mol. The molecule has 3 heteroatoms. The molecule has 0 aromatic rings. The quantitative estimate of drug-likeness (QED) is 0.598. The van der Waals surface area contributed by atoms with Crippen LogP contribution in [0.2, 0.25) is 0 Å². The van der Waals surface area contributed by atoms with Crippen molar-refractivity contribution in [1.82, 2.24) is 0 Å². The molecule has 0 heterocycles. The first kappa shape index (κ1) is 15.9. The van der Waals surface area contributed by atoms with E-state index in [0.717, 1.165) is 12.8 Å². The fraction of sp³-hybridized carbons (Fsp3) is 1.00. The lowest BCUT2D eigenvalue weighted by Gasteiger charge is -2.36. The monoisotopic (exact) mass is 231 g/mol. The molecule has 3 N–H and O–H groups in total. The van der Waals surface area contributed by atoms with Gasteiger partial charge in [-0.15, -0.1) is 0 Å². The van der Waals surface area contributed by atoms with E-state index in [-0.39, 0.29) is 12.2 Å². The Labute approximate surface area is 100 Å². The van der Waals surface area contributed by atoms with Crippen LogP contribution in [0.4, 0.5) is 0 Å². The zero-order chi connectivity index (χ0) is 12.6. The maximum Gasteiger partial charge on any atom is 0.0809 e. The molecule has 0 aromatic carbocycles. The fourth-order valence-electron chi connectivity index (χ4n) is 2.27. The number of hydrogen-bond acceptors (Lipinski definition) is 3. The Bertz CT molecular complexity index is 159. The third kappa shape index (κ3) is 6.46. The standard InChI is InChI=1S/C13H29NO2/c1-11(2)8-13(10-14,9-12(3)4)16-7-5-6-15/h11-12,15H,5-10,14H2,1-4H3. The number of aliphatic hydroxyl groups excluding tert-OH is 1. The van der Waals surface area contributed by atoms with E-state index in [4.69, 9.17) is 15.6 Å². The van der Waals surface area contributed by atoms with Crippen molar-refractivity contribution in [2.75, 3.05) is 19.8 Å². The van der Waals surface area contributed by atoms with Crippen LogP contribution in [0.25, 0.3) is 0 Å².